The van der Waals surface area contributed by atoms with Crippen molar-refractivity contribution in [1.29, 1.82) is 0 Å². The van der Waals surface area contributed by atoms with Gasteiger partial charge in [-0.3, -0.25) is 19.2 Å². The van der Waals surface area contributed by atoms with E-state index in [4.69, 9.17) is 45.4 Å². The Morgan fingerprint density at radius 1 is 0.576 bits per heavy atom. The molecule has 0 rings (SSSR count). The van der Waals surface area contributed by atoms with Gasteiger partial charge >= 0.3 is 48.0 Å². The van der Waals surface area contributed by atoms with Crippen LogP contribution in [0, 0.1) is 0 Å². The molecule has 0 aliphatic heterocycles. The number of nitrogens with one attached hydrogen (secondary N) is 2. The number of aliphatic hydroxyl groups is 1. The maximum absolute atomic E-state index is 11.8. The summed E-state index contributed by atoms with van der Waals surface area (Å²) in [5.74, 6) is -3.28. The minimum absolute atomic E-state index is 0. The average Bonchev–Trinajstić information content (AvgIpc) is 3.10. The van der Waals surface area contributed by atoms with Crippen molar-refractivity contribution in [2.75, 3.05) is 46.2 Å². The SMILES string of the molecule is CCC(=O)O.CCOC(=O)[C@@H](N)CCOC(=O)CN.CCOC(=O)[C@H](CCO)NC(=O)OC(C)(C)C.CCOC(=O)[C@H](CCOC(=O)CC)NC(=O)OC(C)(C)C.Cl.Cl. The van der Waals surface area contributed by atoms with Gasteiger partial charge in [-0.1, -0.05) is 13.8 Å². The van der Waals surface area contributed by atoms with Gasteiger partial charge < -0.3 is 65.5 Å². The molecule has 0 aliphatic rings. The van der Waals surface area contributed by atoms with Crippen LogP contribution >= 0.6 is 24.8 Å². The number of alkyl carbamates (subject to hydrolysis) is 2. The van der Waals surface area contributed by atoms with E-state index >= 15 is 0 Å². The number of carbonyl (C=O) groups is 8. The maximum Gasteiger partial charge on any atom is 0.408 e. The van der Waals surface area contributed by atoms with Gasteiger partial charge in [-0.2, -0.15) is 0 Å². The molecular formula is C36H70Cl2N4O17. The molecule has 21 nitrogen and oxygen atoms in total. The van der Waals surface area contributed by atoms with Crippen LogP contribution in [0.15, 0.2) is 0 Å². The number of aliphatic carboxylic acids is 1. The van der Waals surface area contributed by atoms with Crippen LogP contribution < -0.4 is 22.1 Å². The molecule has 0 bridgehead atoms. The lowest BCUT2D eigenvalue weighted by Gasteiger charge is -2.22. The second-order valence-corrected chi connectivity index (χ2v) is 13.1. The normalized spacial score (nSPS) is 11.5. The highest BCUT2D eigenvalue weighted by Crippen LogP contribution is 2.09. The van der Waals surface area contributed by atoms with E-state index in [0.29, 0.717) is 0 Å². The number of carbonyl (C=O) groups excluding carboxylic acids is 7. The largest absolute Gasteiger partial charge is 0.481 e. The summed E-state index contributed by atoms with van der Waals surface area (Å²) in [6, 6.07) is -2.54. The predicted molar refractivity (Wildman–Crippen MR) is 219 cm³/mol. The molecule has 59 heavy (non-hydrogen) atoms. The molecule has 0 aromatic heterocycles. The van der Waals surface area contributed by atoms with E-state index in [1.807, 2.05) is 0 Å². The smallest absolute Gasteiger partial charge is 0.408 e. The van der Waals surface area contributed by atoms with Crippen molar-refractivity contribution in [1.82, 2.24) is 10.6 Å². The first-order valence-corrected chi connectivity index (χ1v) is 18.5. The van der Waals surface area contributed by atoms with E-state index in [2.05, 4.69) is 20.1 Å². The van der Waals surface area contributed by atoms with Gasteiger partial charge in [0.15, 0.2) is 0 Å². The summed E-state index contributed by atoms with van der Waals surface area (Å²) in [6.07, 6.45) is -0.484. The highest BCUT2D eigenvalue weighted by molar-refractivity contribution is 5.86. The predicted octanol–water partition coefficient (Wildman–Crippen LogP) is 2.70. The fourth-order valence-electron chi connectivity index (χ4n) is 3.13. The van der Waals surface area contributed by atoms with Crippen LogP contribution in [-0.2, 0) is 61.9 Å². The van der Waals surface area contributed by atoms with Gasteiger partial charge in [0.05, 0.1) is 39.6 Å². The number of carboxylic acids is 1. The lowest BCUT2D eigenvalue weighted by atomic mass is 10.2. The van der Waals surface area contributed by atoms with Gasteiger partial charge in [-0.15, -0.1) is 24.8 Å². The van der Waals surface area contributed by atoms with Crippen molar-refractivity contribution in [3.05, 3.63) is 0 Å². The zero-order valence-corrected chi connectivity index (χ0v) is 37.8. The Hall–Kier alpha value is -4.18. The Morgan fingerprint density at radius 2 is 0.932 bits per heavy atom. The number of aliphatic hydroxyl groups excluding tert-OH is 1. The number of esters is 5. The van der Waals surface area contributed by atoms with Crippen molar-refractivity contribution in [3.8, 4) is 0 Å². The molecular weight excluding hydrogens is 831 g/mol. The first-order valence-electron chi connectivity index (χ1n) is 18.5. The molecule has 0 aromatic rings. The number of carboxylic acid groups (broad SMARTS) is 1. The zero-order valence-electron chi connectivity index (χ0n) is 36.2. The summed E-state index contributed by atoms with van der Waals surface area (Å²) in [7, 11) is 0. The number of rotatable bonds is 19. The van der Waals surface area contributed by atoms with Gasteiger partial charge in [0.2, 0.25) is 0 Å². The molecule has 0 spiro atoms. The van der Waals surface area contributed by atoms with Gasteiger partial charge in [-0.25, -0.2) is 19.2 Å². The molecule has 0 radical (unpaired) electrons. The Morgan fingerprint density at radius 3 is 1.25 bits per heavy atom. The van der Waals surface area contributed by atoms with E-state index in [-0.39, 0.29) is 109 Å². The molecule has 23 heteroatoms. The van der Waals surface area contributed by atoms with Crippen LogP contribution in [0.25, 0.3) is 0 Å². The highest BCUT2D eigenvalue weighted by atomic mass is 35.5. The van der Waals surface area contributed by atoms with Crippen molar-refractivity contribution >= 4 is 72.8 Å². The molecule has 0 aliphatic carbocycles. The van der Waals surface area contributed by atoms with Crippen LogP contribution in [-0.4, -0.2) is 134 Å². The molecule has 350 valence electrons. The number of ether oxygens (including phenoxy) is 7. The van der Waals surface area contributed by atoms with Crippen molar-refractivity contribution in [2.45, 2.75) is 138 Å². The first-order chi connectivity index (χ1) is 26.4. The third kappa shape index (κ3) is 46.4. The molecule has 8 N–H and O–H groups in total. The summed E-state index contributed by atoms with van der Waals surface area (Å²) in [4.78, 5) is 88.3. The van der Waals surface area contributed by atoms with Crippen LogP contribution in [0.3, 0.4) is 0 Å². The Kier molecular flexibility index (Phi) is 44.4. The van der Waals surface area contributed by atoms with Crippen LogP contribution in [0.1, 0.15) is 108 Å². The number of nitrogens with two attached hydrogens (primary N) is 2. The van der Waals surface area contributed by atoms with Crippen molar-refractivity contribution in [3.63, 3.8) is 0 Å². The van der Waals surface area contributed by atoms with Crippen molar-refractivity contribution < 1.29 is 81.7 Å². The first kappa shape index (κ1) is 66.6. The standard InChI is InChI=1S/C14H25NO6.C11H21NO5.C8H16N2O4.C3H6O2.2ClH/c1-6-11(16)20-9-8-10(12(17)19-7-2)15-13(18)21-14(3,4)5;1-5-16-9(14)8(6-7-13)12-10(15)17-11(2,3)4;1-2-13-8(12)6(10)3-4-14-7(11)5-9;1-2-3(4)5;;/h10H,6-9H2,1-5H3,(H,15,18);8,13H,5-7H2,1-4H3,(H,12,15);6H,2-5,9-10H2,1H3;2H2,1H3,(H,4,5);2*1H/t10-;8-;6-;;;/m000.../s1. The summed E-state index contributed by atoms with van der Waals surface area (Å²) >= 11 is 0. The minimum atomic E-state index is -0.913. The quantitative estimate of drug-likeness (QED) is 0.0802. The van der Waals surface area contributed by atoms with E-state index < -0.39 is 71.4 Å². The Bertz CT molecular complexity index is 1200. The van der Waals surface area contributed by atoms with E-state index in [0.717, 1.165) is 0 Å². The van der Waals surface area contributed by atoms with E-state index in [1.54, 1.807) is 76.2 Å². The monoisotopic (exact) mass is 900 g/mol. The molecule has 0 unspecified atom stereocenters. The molecule has 2 amide bonds. The molecule has 3 atom stereocenters. The molecule has 0 saturated heterocycles. The third-order valence-corrected chi connectivity index (χ3v) is 5.65. The third-order valence-electron chi connectivity index (χ3n) is 5.65. The van der Waals surface area contributed by atoms with Gasteiger partial charge in [-0.05, 0) is 62.3 Å². The number of amides is 2. The van der Waals surface area contributed by atoms with Crippen LogP contribution in [0.5, 0.6) is 0 Å². The van der Waals surface area contributed by atoms with E-state index in [9.17, 15) is 38.4 Å². The summed E-state index contributed by atoms with van der Waals surface area (Å²) < 4.78 is 33.9. The van der Waals surface area contributed by atoms with Crippen molar-refractivity contribution in [2.24, 2.45) is 11.5 Å². The topological polar surface area (TPSA) is 318 Å². The zero-order chi connectivity index (χ0) is 45.2. The summed E-state index contributed by atoms with van der Waals surface area (Å²) in [5.41, 5.74) is 9.13. The molecule has 0 aromatic carbocycles. The second kappa shape index (κ2) is 39.3. The number of halogens is 2. The fraction of sp³-hybridized carbons (Fsp3) is 0.778. The van der Waals surface area contributed by atoms with Gasteiger partial charge in [0, 0.05) is 38.7 Å². The Balaban J connectivity index is -0.000000168. The molecule has 0 fully saturated rings. The van der Waals surface area contributed by atoms with Crippen LogP contribution in [0.2, 0.25) is 0 Å². The number of hydrogen-bond acceptors (Lipinski definition) is 18. The highest BCUT2D eigenvalue weighted by Gasteiger charge is 2.26. The fourth-order valence-corrected chi connectivity index (χ4v) is 3.13. The summed E-state index contributed by atoms with van der Waals surface area (Å²) in [5, 5.41) is 21.3. The lowest BCUT2D eigenvalue weighted by molar-refractivity contribution is -0.149. The summed E-state index contributed by atoms with van der Waals surface area (Å²) in [6.45, 7) is 19.0. The average molecular weight is 902 g/mol. The minimum Gasteiger partial charge on any atom is -0.481 e. The van der Waals surface area contributed by atoms with Gasteiger partial charge in [0.25, 0.3) is 0 Å². The Labute approximate surface area is 359 Å². The molecule has 0 heterocycles. The number of hydrogen-bond donors (Lipinski definition) is 6. The maximum atomic E-state index is 11.8. The second-order valence-electron chi connectivity index (χ2n) is 13.1. The molecule has 0 saturated carbocycles. The van der Waals surface area contributed by atoms with Gasteiger partial charge in [0.1, 0.15) is 29.3 Å². The van der Waals surface area contributed by atoms with Crippen LogP contribution in [0.4, 0.5) is 9.59 Å². The lowest BCUT2D eigenvalue weighted by Crippen LogP contribution is -2.45. The van der Waals surface area contributed by atoms with E-state index in [1.165, 1.54) is 0 Å².